The maximum Gasteiger partial charge on any atom is 0.256 e. The summed E-state index contributed by atoms with van der Waals surface area (Å²) in [5.74, 6) is 0.734. The molecule has 140 valence electrons. The van der Waals surface area contributed by atoms with E-state index in [9.17, 15) is 4.79 Å². The van der Waals surface area contributed by atoms with E-state index >= 15 is 0 Å². The van der Waals surface area contributed by atoms with Crippen molar-refractivity contribution >= 4 is 40.9 Å². The zero-order chi connectivity index (χ0) is 19.0. The molecule has 2 aromatic rings. The summed E-state index contributed by atoms with van der Waals surface area (Å²) < 4.78 is 0. The average molecular weight is 403 g/mol. The van der Waals surface area contributed by atoms with Gasteiger partial charge in [-0.25, -0.2) is 9.97 Å². The topological polar surface area (TPSA) is 105 Å². The van der Waals surface area contributed by atoms with E-state index in [0.29, 0.717) is 27.6 Å². The van der Waals surface area contributed by atoms with Crippen molar-refractivity contribution in [1.29, 1.82) is 0 Å². The maximum atomic E-state index is 11.8. The highest BCUT2D eigenvalue weighted by atomic mass is 35.5. The Balaban J connectivity index is 1.75. The number of nitrogens with one attached hydrogen (secondary N) is 3. The predicted octanol–water partition coefficient (Wildman–Crippen LogP) is 2.90. The van der Waals surface area contributed by atoms with Crippen LogP contribution < -0.4 is 21.7 Å². The van der Waals surface area contributed by atoms with Gasteiger partial charge in [-0.1, -0.05) is 35.5 Å². The number of rotatable bonds is 6. The summed E-state index contributed by atoms with van der Waals surface area (Å²) in [5.41, 5.74) is 7.28. The predicted molar refractivity (Wildman–Crippen MR) is 108 cm³/mol. The molecule has 0 saturated heterocycles. The summed E-state index contributed by atoms with van der Waals surface area (Å²) >= 11 is 7.81. The molecule has 2 aliphatic rings. The van der Waals surface area contributed by atoms with E-state index < -0.39 is 10.9 Å². The summed E-state index contributed by atoms with van der Waals surface area (Å²) in [4.78, 5) is 20.1. The first-order valence-corrected chi connectivity index (χ1v) is 9.76. The van der Waals surface area contributed by atoms with Crippen LogP contribution in [-0.2, 0) is 9.79 Å². The summed E-state index contributed by atoms with van der Waals surface area (Å²) in [6.45, 7) is 1.97. The molecule has 9 heteroatoms. The average Bonchev–Trinajstić information content (AvgIpc) is 3.34. The third kappa shape index (κ3) is 3.54. The van der Waals surface area contributed by atoms with Crippen LogP contribution in [0.5, 0.6) is 0 Å². The van der Waals surface area contributed by atoms with E-state index in [0.717, 1.165) is 24.0 Å². The van der Waals surface area contributed by atoms with Gasteiger partial charge in [0.1, 0.15) is 0 Å². The second-order valence-corrected chi connectivity index (χ2v) is 8.19. The summed E-state index contributed by atoms with van der Waals surface area (Å²) in [5, 5.41) is 10.6. The molecule has 27 heavy (non-hydrogen) atoms. The summed E-state index contributed by atoms with van der Waals surface area (Å²) in [6, 6.07) is 6.09. The molecule has 7 nitrogen and oxygen atoms in total. The molecule has 2 heterocycles. The molecule has 1 aliphatic carbocycles. The number of aromatic nitrogens is 2. The molecule has 4 rings (SSSR count). The van der Waals surface area contributed by atoms with Gasteiger partial charge in [-0.2, -0.15) is 0 Å². The Morgan fingerprint density at radius 3 is 2.70 bits per heavy atom. The molecule has 0 bridgehead atoms. The van der Waals surface area contributed by atoms with E-state index in [1.54, 1.807) is 18.6 Å². The number of hydrogen-bond donors (Lipinski definition) is 4. The third-order valence-corrected chi connectivity index (χ3v) is 5.98. The number of primary amides is 1. The molecule has 1 atom stereocenters. The number of nitrogens with two attached hydrogens (primary N) is 1. The molecular weight excluding hydrogens is 384 g/mol. The van der Waals surface area contributed by atoms with Crippen LogP contribution in [-0.4, -0.2) is 21.9 Å². The van der Waals surface area contributed by atoms with Crippen molar-refractivity contribution in [3.63, 3.8) is 0 Å². The van der Waals surface area contributed by atoms with Gasteiger partial charge in [0.2, 0.25) is 0 Å². The number of carbonyl (C=O) groups is 1. The van der Waals surface area contributed by atoms with Crippen LogP contribution in [0.25, 0.3) is 0 Å². The second-order valence-electron chi connectivity index (χ2n) is 6.53. The number of carbonyl (C=O) groups excluding carboxylic acids is 1. The molecule has 1 saturated carbocycles. The Morgan fingerprint density at radius 2 is 2.07 bits per heavy atom. The first-order chi connectivity index (χ1) is 13.0. The largest absolute Gasteiger partial charge is 0.365 e. The number of nitrogens with zero attached hydrogens (tertiary/aromatic N) is 2. The zero-order valence-corrected chi connectivity index (χ0v) is 16.2. The van der Waals surface area contributed by atoms with Gasteiger partial charge in [0.25, 0.3) is 5.91 Å². The highest BCUT2D eigenvalue weighted by molar-refractivity contribution is 8.05. The molecule has 1 fully saturated rings. The highest BCUT2D eigenvalue weighted by Gasteiger charge is 2.42. The van der Waals surface area contributed by atoms with Crippen molar-refractivity contribution in [2.24, 2.45) is 5.73 Å². The molecule has 5 N–H and O–H groups in total. The molecular formula is C18H19ClN6OS. The lowest BCUT2D eigenvalue weighted by Gasteiger charge is -2.33. The lowest BCUT2D eigenvalue weighted by atomic mass is 10.1. The number of anilines is 2. The highest BCUT2D eigenvalue weighted by Crippen LogP contribution is 2.47. The molecule has 1 aromatic carbocycles. The minimum absolute atomic E-state index is 0.405. The minimum atomic E-state index is -0.928. The summed E-state index contributed by atoms with van der Waals surface area (Å²) in [6.07, 6.45) is 7.10. The van der Waals surface area contributed by atoms with Gasteiger partial charge in [0.05, 0.1) is 4.91 Å². The van der Waals surface area contributed by atoms with Crippen LogP contribution in [0.2, 0.25) is 5.02 Å². The van der Waals surface area contributed by atoms with Crippen molar-refractivity contribution in [2.75, 3.05) is 10.6 Å². The fraction of sp³-hybridized carbons (Fsp3) is 0.278. The van der Waals surface area contributed by atoms with Crippen LogP contribution >= 0.6 is 23.4 Å². The van der Waals surface area contributed by atoms with E-state index in [-0.39, 0.29) is 0 Å². The van der Waals surface area contributed by atoms with Crippen LogP contribution in [0.1, 0.15) is 24.0 Å². The van der Waals surface area contributed by atoms with Gasteiger partial charge in [-0.15, -0.1) is 0 Å². The van der Waals surface area contributed by atoms with E-state index in [2.05, 4.69) is 25.9 Å². The van der Waals surface area contributed by atoms with Crippen LogP contribution in [0.15, 0.2) is 41.7 Å². The number of hydrogen-bond acceptors (Lipinski definition) is 7. The Labute approximate surface area is 166 Å². The zero-order valence-electron chi connectivity index (χ0n) is 14.6. The van der Waals surface area contributed by atoms with Crippen molar-refractivity contribution in [1.82, 2.24) is 15.3 Å². The van der Waals surface area contributed by atoms with Gasteiger partial charge in [-0.05, 0) is 31.4 Å². The van der Waals surface area contributed by atoms with Gasteiger partial charge < -0.3 is 21.7 Å². The van der Waals surface area contributed by atoms with Gasteiger partial charge in [0, 0.05) is 35.2 Å². The van der Waals surface area contributed by atoms with Crippen LogP contribution in [0.4, 0.5) is 11.6 Å². The lowest BCUT2D eigenvalue weighted by Crippen LogP contribution is -2.42. The van der Waals surface area contributed by atoms with E-state index in [1.807, 2.05) is 25.1 Å². The number of thioether (sulfide) groups is 1. The van der Waals surface area contributed by atoms with Crippen LogP contribution in [0, 0.1) is 6.92 Å². The monoisotopic (exact) mass is 402 g/mol. The molecule has 0 radical (unpaired) electrons. The number of aryl methyl sites for hydroxylation is 1. The summed E-state index contributed by atoms with van der Waals surface area (Å²) in [7, 11) is 0. The SMILES string of the molecule is Cc1cccc(Cl)c1C1(Nc2nccnc2NC2CC2)NC=C(C(N)=O)S1. The Bertz CT molecular complexity index is 912. The first-order valence-electron chi connectivity index (χ1n) is 8.56. The number of halogens is 1. The fourth-order valence-corrected chi connectivity index (χ4v) is 4.57. The van der Waals surface area contributed by atoms with Crippen molar-refractivity contribution in [2.45, 2.75) is 30.8 Å². The van der Waals surface area contributed by atoms with E-state index in [4.69, 9.17) is 17.3 Å². The smallest absolute Gasteiger partial charge is 0.256 e. The van der Waals surface area contributed by atoms with Gasteiger partial charge >= 0.3 is 0 Å². The van der Waals surface area contributed by atoms with Gasteiger partial charge in [-0.3, -0.25) is 4.79 Å². The van der Waals surface area contributed by atoms with Crippen molar-refractivity contribution in [3.8, 4) is 0 Å². The molecule has 0 spiro atoms. The van der Waals surface area contributed by atoms with Crippen molar-refractivity contribution < 1.29 is 4.79 Å². The van der Waals surface area contributed by atoms with Crippen LogP contribution in [0.3, 0.4) is 0 Å². The fourth-order valence-electron chi connectivity index (χ4n) is 2.96. The normalized spacial score (nSPS) is 21.3. The lowest BCUT2D eigenvalue weighted by molar-refractivity contribution is -0.113. The Hall–Kier alpha value is -2.45. The quantitative estimate of drug-likeness (QED) is 0.588. The first kappa shape index (κ1) is 17.9. The number of benzene rings is 1. The van der Waals surface area contributed by atoms with Crippen molar-refractivity contribution in [3.05, 3.63) is 57.8 Å². The maximum absolute atomic E-state index is 11.8. The standard InChI is InChI=1S/C18H19ClN6OS/c1-10-3-2-4-12(19)14(10)18(23-9-13(27-18)15(20)26)25-17-16(21-7-8-22-17)24-11-5-6-11/h2-4,7-9,11,23H,5-6H2,1H3,(H2,20,26)(H,21,24)(H,22,25). The van der Waals surface area contributed by atoms with E-state index in [1.165, 1.54) is 11.8 Å². The molecule has 1 amide bonds. The molecule has 1 unspecified atom stereocenters. The Kier molecular flexibility index (Phi) is 4.61. The number of amides is 1. The third-order valence-electron chi connectivity index (χ3n) is 4.40. The second kappa shape index (κ2) is 6.94. The molecule has 1 aliphatic heterocycles. The van der Waals surface area contributed by atoms with Gasteiger partial charge in [0.15, 0.2) is 16.6 Å². The molecule has 1 aromatic heterocycles. The minimum Gasteiger partial charge on any atom is -0.365 e. The Morgan fingerprint density at radius 1 is 1.33 bits per heavy atom.